The Morgan fingerprint density at radius 2 is 1.89 bits per heavy atom. The molecule has 0 saturated heterocycles. The number of nitrogens with zero attached hydrogens (tertiary/aromatic N) is 3. The molecular weight excluding hydrogens is 236 g/mol. The Morgan fingerprint density at radius 3 is 2.63 bits per heavy atom. The zero-order valence-corrected chi connectivity index (χ0v) is 12.3. The van der Waals surface area contributed by atoms with Gasteiger partial charge in [-0.2, -0.15) is 5.10 Å². The molecule has 0 spiro atoms. The van der Waals surface area contributed by atoms with Crippen LogP contribution in [0.5, 0.6) is 0 Å². The SMILES string of the molecule is CCCCCCCCCn1ncnc1CNC1CC1. The van der Waals surface area contributed by atoms with E-state index >= 15 is 0 Å². The normalized spacial score (nSPS) is 15.0. The van der Waals surface area contributed by atoms with Gasteiger partial charge in [-0.3, -0.25) is 0 Å². The molecular formula is C15H28N4. The minimum atomic E-state index is 0.740. The Morgan fingerprint density at radius 1 is 1.16 bits per heavy atom. The molecule has 1 fully saturated rings. The molecule has 1 aliphatic carbocycles. The fraction of sp³-hybridized carbons (Fsp3) is 0.867. The lowest BCUT2D eigenvalue weighted by Crippen LogP contribution is -2.19. The van der Waals surface area contributed by atoms with Crippen LogP contribution < -0.4 is 5.32 Å². The van der Waals surface area contributed by atoms with Crippen molar-refractivity contribution in [1.82, 2.24) is 20.1 Å². The van der Waals surface area contributed by atoms with Gasteiger partial charge in [-0.1, -0.05) is 45.4 Å². The topological polar surface area (TPSA) is 42.7 Å². The summed E-state index contributed by atoms with van der Waals surface area (Å²) in [6.07, 6.45) is 13.8. The van der Waals surface area contributed by atoms with Crippen LogP contribution in [0.15, 0.2) is 6.33 Å². The van der Waals surface area contributed by atoms with Crippen LogP contribution in [0.25, 0.3) is 0 Å². The highest BCUT2D eigenvalue weighted by Crippen LogP contribution is 2.19. The van der Waals surface area contributed by atoms with Crippen LogP contribution in [0.4, 0.5) is 0 Å². The van der Waals surface area contributed by atoms with E-state index < -0.39 is 0 Å². The Hall–Kier alpha value is -0.900. The summed E-state index contributed by atoms with van der Waals surface area (Å²) in [5.74, 6) is 1.10. The standard InChI is InChI=1S/C15H28N4/c1-2-3-4-5-6-7-8-11-19-15(17-13-18-19)12-16-14-9-10-14/h13-14,16H,2-12H2,1H3. The van der Waals surface area contributed by atoms with E-state index in [1.807, 2.05) is 0 Å². The van der Waals surface area contributed by atoms with Gasteiger partial charge < -0.3 is 5.32 Å². The number of rotatable bonds is 11. The molecule has 1 aromatic heterocycles. The van der Waals surface area contributed by atoms with Crippen LogP contribution >= 0.6 is 0 Å². The molecule has 108 valence electrons. The smallest absolute Gasteiger partial charge is 0.140 e. The molecule has 1 aromatic rings. The van der Waals surface area contributed by atoms with Crippen LogP contribution in [0.2, 0.25) is 0 Å². The van der Waals surface area contributed by atoms with Crippen molar-refractivity contribution in [2.45, 2.75) is 83.8 Å². The number of aryl methyl sites for hydroxylation is 1. The molecule has 0 amide bonds. The molecule has 1 aliphatic rings. The van der Waals surface area contributed by atoms with E-state index in [1.165, 1.54) is 57.8 Å². The number of hydrogen-bond acceptors (Lipinski definition) is 3. The van der Waals surface area contributed by atoms with Gasteiger partial charge >= 0.3 is 0 Å². The predicted molar refractivity (Wildman–Crippen MR) is 77.9 cm³/mol. The van der Waals surface area contributed by atoms with Gasteiger partial charge in [-0.05, 0) is 19.3 Å². The monoisotopic (exact) mass is 264 g/mol. The zero-order chi connectivity index (χ0) is 13.3. The third-order valence-electron chi connectivity index (χ3n) is 3.80. The van der Waals surface area contributed by atoms with Gasteiger partial charge in [0.2, 0.25) is 0 Å². The molecule has 1 saturated carbocycles. The third kappa shape index (κ3) is 5.72. The van der Waals surface area contributed by atoms with E-state index in [0.717, 1.165) is 25.0 Å². The molecule has 1 N–H and O–H groups in total. The molecule has 0 radical (unpaired) electrons. The molecule has 0 aliphatic heterocycles. The third-order valence-corrected chi connectivity index (χ3v) is 3.80. The fourth-order valence-corrected chi connectivity index (χ4v) is 2.35. The molecule has 4 nitrogen and oxygen atoms in total. The first-order valence-corrected chi connectivity index (χ1v) is 8.00. The van der Waals surface area contributed by atoms with E-state index in [4.69, 9.17) is 0 Å². The minimum Gasteiger partial charge on any atom is -0.307 e. The summed E-state index contributed by atoms with van der Waals surface area (Å²) in [5, 5.41) is 7.83. The first-order valence-electron chi connectivity index (χ1n) is 8.00. The summed E-state index contributed by atoms with van der Waals surface area (Å²) in [6, 6.07) is 0.740. The van der Waals surface area contributed by atoms with Gasteiger partial charge in [0.15, 0.2) is 0 Å². The maximum Gasteiger partial charge on any atom is 0.140 e. The molecule has 19 heavy (non-hydrogen) atoms. The second-order valence-electron chi connectivity index (χ2n) is 5.68. The summed E-state index contributed by atoms with van der Waals surface area (Å²) < 4.78 is 2.07. The van der Waals surface area contributed by atoms with Crippen molar-refractivity contribution in [3.8, 4) is 0 Å². The summed E-state index contributed by atoms with van der Waals surface area (Å²) in [5.41, 5.74) is 0. The van der Waals surface area contributed by atoms with Gasteiger partial charge in [-0.25, -0.2) is 9.67 Å². The lowest BCUT2D eigenvalue weighted by Gasteiger charge is -2.06. The second-order valence-corrected chi connectivity index (χ2v) is 5.68. The maximum absolute atomic E-state index is 4.34. The second kappa shape index (κ2) is 8.31. The van der Waals surface area contributed by atoms with Gasteiger partial charge in [0.05, 0.1) is 6.54 Å². The largest absolute Gasteiger partial charge is 0.307 e. The lowest BCUT2D eigenvalue weighted by molar-refractivity contribution is 0.497. The summed E-state index contributed by atoms with van der Waals surface area (Å²) >= 11 is 0. The number of unbranched alkanes of at least 4 members (excludes halogenated alkanes) is 6. The zero-order valence-electron chi connectivity index (χ0n) is 12.3. The highest BCUT2D eigenvalue weighted by atomic mass is 15.3. The van der Waals surface area contributed by atoms with Crippen molar-refractivity contribution in [3.63, 3.8) is 0 Å². The van der Waals surface area contributed by atoms with Gasteiger partial charge in [0, 0.05) is 12.6 Å². The average molecular weight is 264 g/mol. The molecule has 2 rings (SSSR count). The number of nitrogens with one attached hydrogen (secondary N) is 1. The Bertz CT molecular complexity index is 344. The number of aromatic nitrogens is 3. The van der Waals surface area contributed by atoms with Crippen LogP contribution in [0.1, 0.15) is 70.5 Å². The minimum absolute atomic E-state index is 0.740. The molecule has 0 atom stereocenters. The van der Waals surface area contributed by atoms with Crippen molar-refractivity contribution in [3.05, 3.63) is 12.2 Å². The summed E-state index contributed by atoms with van der Waals surface area (Å²) in [7, 11) is 0. The highest BCUT2D eigenvalue weighted by molar-refractivity contribution is 4.88. The van der Waals surface area contributed by atoms with Crippen molar-refractivity contribution >= 4 is 0 Å². The average Bonchev–Trinajstić information content (AvgIpc) is 3.15. The molecule has 0 unspecified atom stereocenters. The molecule has 0 bridgehead atoms. The van der Waals surface area contributed by atoms with Crippen LogP contribution in [0.3, 0.4) is 0 Å². The first kappa shape index (κ1) is 14.5. The summed E-state index contributed by atoms with van der Waals surface area (Å²) in [4.78, 5) is 4.34. The molecule has 1 heterocycles. The van der Waals surface area contributed by atoms with Gasteiger partial charge in [0.1, 0.15) is 12.2 Å². The van der Waals surface area contributed by atoms with Crippen molar-refractivity contribution in [1.29, 1.82) is 0 Å². The molecule has 0 aromatic carbocycles. The summed E-state index contributed by atoms with van der Waals surface area (Å²) in [6.45, 7) is 4.17. The van der Waals surface area contributed by atoms with E-state index in [2.05, 4.69) is 27.0 Å². The number of hydrogen-bond donors (Lipinski definition) is 1. The van der Waals surface area contributed by atoms with Crippen molar-refractivity contribution in [2.75, 3.05) is 0 Å². The first-order chi connectivity index (χ1) is 9.40. The lowest BCUT2D eigenvalue weighted by atomic mass is 10.1. The van der Waals surface area contributed by atoms with E-state index in [-0.39, 0.29) is 0 Å². The quantitative estimate of drug-likeness (QED) is 0.624. The molecule has 4 heteroatoms. The Kier molecular flexibility index (Phi) is 6.34. The van der Waals surface area contributed by atoms with E-state index in [1.54, 1.807) is 6.33 Å². The van der Waals surface area contributed by atoms with Crippen LogP contribution in [-0.2, 0) is 13.1 Å². The highest BCUT2D eigenvalue weighted by Gasteiger charge is 2.20. The van der Waals surface area contributed by atoms with E-state index in [0.29, 0.717) is 0 Å². The Balaban J connectivity index is 1.55. The van der Waals surface area contributed by atoms with Crippen molar-refractivity contribution in [2.24, 2.45) is 0 Å². The van der Waals surface area contributed by atoms with Gasteiger partial charge in [0.25, 0.3) is 0 Å². The van der Waals surface area contributed by atoms with Crippen LogP contribution in [0, 0.1) is 0 Å². The van der Waals surface area contributed by atoms with Gasteiger partial charge in [-0.15, -0.1) is 0 Å². The Labute approximate surface area is 117 Å². The van der Waals surface area contributed by atoms with Crippen LogP contribution in [-0.4, -0.2) is 20.8 Å². The fourth-order valence-electron chi connectivity index (χ4n) is 2.35. The predicted octanol–water partition coefficient (Wildman–Crippen LogP) is 3.28. The van der Waals surface area contributed by atoms with Crippen molar-refractivity contribution < 1.29 is 0 Å². The van der Waals surface area contributed by atoms with E-state index in [9.17, 15) is 0 Å². The maximum atomic E-state index is 4.34.